The lowest BCUT2D eigenvalue weighted by molar-refractivity contribution is -0.127. The normalized spacial score (nSPS) is 17.6. The second-order valence-corrected chi connectivity index (χ2v) is 6.57. The molecule has 3 rings (SSSR count). The maximum absolute atomic E-state index is 12.4. The van der Waals surface area contributed by atoms with Crippen LogP contribution >= 0.6 is 11.3 Å². The molecule has 1 fully saturated rings. The van der Waals surface area contributed by atoms with Crippen LogP contribution in [0.25, 0.3) is 0 Å². The van der Waals surface area contributed by atoms with Crippen molar-refractivity contribution in [3.63, 3.8) is 0 Å². The molecule has 1 saturated heterocycles. The Bertz CT molecular complexity index is 699. The van der Waals surface area contributed by atoms with Crippen LogP contribution in [0.4, 0.5) is 4.79 Å². The highest BCUT2D eigenvalue weighted by atomic mass is 32.1. The van der Waals surface area contributed by atoms with E-state index in [2.05, 4.69) is 10.3 Å². The number of imide groups is 1. The summed E-state index contributed by atoms with van der Waals surface area (Å²) in [7, 11) is 0. The summed E-state index contributed by atoms with van der Waals surface area (Å²) in [5.74, 6) is -0.118. The number of nitrogens with one attached hydrogen (secondary N) is 1. The summed E-state index contributed by atoms with van der Waals surface area (Å²) in [4.78, 5) is 31.1. The maximum atomic E-state index is 12.4. The number of urea groups is 1. The van der Waals surface area contributed by atoms with Crippen molar-refractivity contribution >= 4 is 23.3 Å². The van der Waals surface area contributed by atoms with E-state index in [0.29, 0.717) is 19.4 Å². The van der Waals surface area contributed by atoms with Gasteiger partial charge in [-0.05, 0) is 25.3 Å². The van der Waals surface area contributed by atoms with E-state index in [-0.39, 0.29) is 11.9 Å². The number of hydrogen-bond acceptors (Lipinski definition) is 4. The molecule has 5 nitrogen and oxygen atoms in total. The van der Waals surface area contributed by atoms with Gasteiger partial charge >= 0.3 is 6.03 Å². The van der Waals surface area contributed by atoms with Crippen molar-refractivity contribution in [1.29, 1.82) is 0 Å². The molecule has 0 spiro atoms. The molecule has 2 heterocycles. The van der Waals surface area contributed by atoms with E-state index in [1.807, 2.05) is 37.3 Å². The van der Waals surface area contributed by atoms with Crippen molar-refractivity contribution in [2.45, 2.75) is 32.2 Å². The van der Waals surface area contributed by atoms with E-state index in [4.69, 9.17) is 0 Å². The first kappa shape index (κ1) is 15.7. The van der Waals surface area contributed by atoms with Gasteiger partial charge in [0.25, 0.3) is 5.91 Å². The fraction of sp³-hybridized carbons (Fsp3) is 0.353. The highest BCUT2D eigenvalue weighted by Crippen LogP contribution is 2.17. The second-order valence-electron chi connectivity index (χ2n) is 5.63. The smallest absolute Gasteiger partial charge is 0.324 e. The van der Waals surface area contributed by atoms with Gasteiger partial charge in [0.15, 0.2) is 0 Å². The van der Waals surface area contributed by atoms with Crippen LogP contribution in [0.5, 0.6) is 0 Å². The van der Waals surface area contributed by atoms with Gasteiger partial charge in [-0.2, -0.15) is 0 Å². The average Bonchev–Trinajstić information content (AvgIpc) is 3.08. The molecule has 3 amide bonds. The van der Waals surface area contributed by atoms with Gasteiger partial charge in [-0.25, -0.2) is 9.78 Å². The lowest BCUT2D eigenvalue weighted by atomic mass is 10.1. The van der Waals surface area contributed by atoms with Gasteiger partial charge in [0.2, 0.25) is 0 Å². The third-order valence-electron chi connectivity index (χ3n) is 4.08. The summed E-state index contributed by atoms with van der Waals surface area (Å²) in [5.41, 5.74) is 3.94. The third-order valence-corrected chi connectivity index (χ3v) is 5.07. The van der Waals surface area contributed by atoms with Crippen molar-refractivity contribution in [1.82, 2.24) is 15.2 Å². The van der Waals surface area contributed by atoms with E-state index >= 15 is 0 Å². The standard InChI is InChI=1S/C17H19N3O2S/c1-12-15(23-11-18-12)9-10-20-16(21)14(19-17(20)22)8-7-13-5-3-2-4-6-13/h2-6,11,14H,7-10H2,1H3,(H,19,22)/t14-/m0/s1. The van der Waals surface area contributed by atoms with Crippen LogP contribution in [-0.2, 0) is 17.6 Å². The first-order chi connectivity index (χ1) is 11.1. The van der Waals surface area contributed by atoms with Crippen molar-refractivity contribution in [3.05, 3.63) is 52.0 Å². The predicted molar refractivity (Wildman–Crippen MR) is 89.4 cm³/mol. The lowest BCUT2D eigenvalue weighted by Crippen LogP contribution is -2.33. The van der Waals surface area contributed by atoms with Crippen LogP contribution in [0.15, 0.2) is 35.8 Å². The summed E-state index contributed by atoms with van der Waals surface area (Å²) in [6, 6.07) is 9.30. The summed E-state index contributed by atoms with van der Waals surface area (Å²) >= 11 is 1.56. The molecule has 120 valence electrons. The number of aryl methyl sites for hydroxylation is 2. The van der Waals surface area contributed by atoms with Crippen LogP contribution in [0.3, 0.4) is 0 Å². The molecule has 0 saturated carbocycles. The summed E-state index contributed by atoms with van der Waals surface area (Å²) < 4.78 is 0. The Labute approximate surface area is 139 Å². The van der Waals surface area contributed by atoms with Crippen molar-refractivity contribution in [2.24, 2.45) is 0 Å². The van der Waals surface area contributed by atoms with E-state index in [0.717, 1.165) is 17.0 Å². The number of hydrogen-bond donors (Lipinski definition) is 1. The van der Waals surface area contributed by atoms with Crippen LogP contribution in [0, 0.1) is 6.92 Å². The Morgan fingerprint density at radius 1 is 1.22 bits per heavy atom. The van der Waals surface area contributed by atoms with Gasteiger partial charge in [-0.3, -0.25) is 9.69 Å². The topological polar surface area (TPSA) is 62.3 Å². The minimum Gasteiger partial charge on any atom is -0.326 e. The Morgan fingerprint density at radius 2 is 2.00 bits per heavy atom. The molecule has 0 radical (unpaired) electrons. The molecule has 1 N–H and O–H groups in total. The number of amides is 3. The fourth-order valence-electron chi connectivity index (χ4n) is 2.72. The largest absolute Gasteiger partial charge is 0.326 e. The zero-order valence-electron chi connectivity index (χ0n) is 13.0. The Kier molecular flexibility index (Phi) is 4.71. The quantitative estimate of drug-likeness (QED) is 0.829. The van der Waals surface area contributed by atoms with Gasteiger partial charge in [-0.1, -0.05) is 30.3 Å². The van der Waals surface area contributed by atoms with Gasteiger partial charge in [0, 0.05) is 17.8 Å². The number of nitrogens with zero attached hydrogens (tertiary/aromatic N) is 2. The van der Waals surface area contributed by atoms with Gasteiger partial charge in [0.05, 0.1) is 11.2 Å². The molecular formula is C17H19N3O2S. The monoisotopic (exact) mass is 329 g/mol. The number of rotatable bonds is 6. The third kappa shape index (κ3) is 3.59. The Balaban J connectivity index is 1.55. The molecule has 0 unspecified atom stereocenters. The van der Waals surface area contributed by atoms with Crippen molar-refractivity contribution in [3.8, 4) is 0 Å². The number of benzene rings is 1. The van der Waals surface area contributed by atoms with E-state index in [1.165, 1.54) is 10.5 Å². The summed E-state index contributed by atoms with van der Waals surface area (Å²) in [5, 5.41) is 2.79. The molecule has 2 aromatic rings. The second kappa shape index (κ2) is 6.91. The van der Waals surface area contributed by atoms with Crippen LogP contribution in [0.2, 0.25) is 0 Å². The molecule has 1 atom stereocenters. The first-order valence-corrected chi connectivity index (χ1v) is 8.58. The van der Waals surface area contributed by atoms with E-state index in [1.54, 1.807) is 16.8 Å². The SMILES string of the molecule is Cc1ncsc1CCN1C(=O)N[C@@H](CCc2ccccc2)C1=O. The first-order valence-electron chi connectivity index (χ1n) is 7.70. The molecule has 1 aliphatic heterocycles. The Hall–Kier alpha value is -2.21. The van der Waals surface area contributed by atoms with Gasteiger partial charge in [-0.15, -0.1) is 11.3 Å². The molecule has 6 heteroatoms. The molecule has 23 heavy (non-hydrogen) atoms. The summed E-state index contributed by atoms with van der Waals surface area (Å²) in [6.07, 6.45) is 2.07. The lowest BCUT2D eigenvalue weighted by Gasteiger charge is -2.12. The van der Waals surface area contributed by atoms with E-state index < -0.39 is 6.04 Å². The minimum atomic E-state index is -0.412. The summed E-state index contributed by atoms with van der Waals surface area (Å²) in [6.45, 7) is 2.36. The minimum absolute atomic E-state index is 0.118. The Morgan fingerprint density at radius 3 is 2.70 bits per heavy atom. The van der Waals surface area contributed by atoms with Gasteiger partial charge in [0.1, 0.15) is 6.04 Å². The molecular weight excluding hydrogens is 310 g/mol. The number of carbonyl (C=O) groups is 2. The van der Waals surface area contributed by atoms with Gasteiger partial charge < -0.3 is 5.32 Å². The highest BCUT2D eigenvalue weighted by Gasteiger charge is 2.37. The molecule has 0 bridgehead atoms. The number of thiazole rings is 1. The highest BCUT2D eigenvalue weighted by molar-refractivity contribution is 7.09. The molecule has 1 aromatic heterocycles. The number of aromatic nitrogens is 1. The van der Waals surface area contributed by atoms with Crippen molar-refractivity contribution in [2.75, 3.05) is 6.54 Å². The fourth-order valence-corrected chi connectivity index (χ4v) is 3.49. The molecule has 1 aliphatic rings. The van der Waals surface area contributed by atoms with Crippen LogP contribution in [-0.4, -0.2) is 34.4 Å². The zero-order chi connectivity index (χ0) is 16.2. The zero-order valence-corrected chi connectivity index (χ0v) is 13.8. The predicted octanol–water partition coefficient (Wildman–Crippen LogP) is 2.55. The van der Waals surface area contributed by atoms with E-state index in [9.17, 15) is 9.59 Å². The maximum Gasteiger partial charge on any atom is 0.324 e. The molecule has 0 aliphatic carbocycles. The van der Waals surface area contributed by atoms with Crippen LogP contribution in [0.1, 0.15) is 22.6 Å². The molecule has 1 aromatic carbocycles. The van der Waals surface area contributed by atoms with Crippen molar-refractivity contribution < 1.29 is 9.59 Å². The number of carbonyl (C=O) groups excluding carboxylic acids is 2. The average molecular weight is 329 g/mol. The van der Waals surface area contributed by atoms with Crippen LogP contribution < -0.4 is 5.32 Å².